The summed E-state index contributed by atoms with van der Waals surface area (Å²) in [6, 6.07) is 11.0. The molecular weight excluding hydrogens is 266 g/mol. The summed E-state index contributed by atoms with van der Waals surface area (Å²) in [5, 5.41) is 3.97. The van der Waals surface area contributed by atoms with Crippen LogP contribution in [-0.2, 0) is 0 Å². The highest BCUT2D eigenvalue weighted by Gasteiger charge is 2.15. The van der Waals surface area contributed by atoms with Crippen molar-refractivity contribution in [3.05, 3.63) is 64.6 Å². The first-order valence-corrected chi connectivity index (χ1v) is 6.93. The van der Waals surface area contributed by atoms with Gasteiger partial charge in [0.25, 0.3) is 5.56 Å². The first-order chi connectivity index (χ1) is 10.1. The van der Waals surface area contributed by atoms with E-state index in [2.05, 4.69) is 15.3 Å². The molecule has 0 spiro atoms. The van der Waals surface area contributed by atoms with Crippen LogP contribution in [0.1, 0.15) is 37.5 Å². The van der Waals surface area contributed by atoms with Crippen molar-refractivity contribution in [2.75, 3.05) is 0 Å². The molecule has 0 unspecified atom stereocenters. The lowest BCUT2D eigenvalue weighted by Gasteiger charge is -2.18. The van der Waals surface area contributed by atoms with Gasteiger partial charge in [-0.2, -0.15) is 0 Å². The van der Waals surface area contributed by atoms with E-state index >= 15 is 0 Å². The van der Waals surface area contributed by atoms with E-state index in [9.17, 15) is 4.79 Å². The van der Waals surface area contributed by atoms with Crippen LogP contribution in [0.5, 0.6) is 0 Å². The molecule has 1 aromatic carbocycles. The van der Waals surface area contributed by atoms with Crippen LogP contribution in [0.15, 0.2) is 51.9 Å². The van der Waals surface area contributed by atoms with Crippen molar-refractivity contribution < 1.29 is 4.42 Å². The smallest absolute Gasteiger partial charge is 0.258 e. The predicted octanol–water partition coefficient (Wildman–Crippen LogP) is 2.93. The Morgan fingerprint density at radius 3 is 2.71 bits per heavy atom. The number of hydrogen-bond acceptors (Lipinski definition) is 4. The summed E-state index contributed by atoms with van der Waals surface area (Å²) in [5.41, 5.74) is 0.588. The topological polar surface area (TPSA) is 70.9 Å². The third kappa shape index (κ3) is 2.73. The van der Waals surface area contributed by atoms with E-state index in [4.69, 9.17) is 4.42 Å². The van der Waals surface area contributed by atoms with Gasteiger partial charge in [-0.1, -0.05) is 12.1 Å². The molecule has 21 heavy (non-hydrogen) atoms. The van der Waals surface area contributed by atoms with E-state index in [-0.39, 0.29) is 17.6 Å². The number of aromatic nitrogens is 2. The second kappa shape index (κ2) is 5.54. The van der Waals surface area contributed by atoms with E-state index < -0.39 is 0 Å². The van der Waals surface area contributed by atoms with Crippen molar-refractivity contribution in [3.8, 4) is 0 Å². The highest BCUT2D eigenvalue weighted by atomic mass is 16.3. The molecule has 5 heteroatoms. The molecule has 3 aromatic rings. The maximum absolute atomic E-state index is 12.1. The fraction of sp³-hybridized carbons (Fsp3) is 0.250. The van der Waals surface area contributed by atoms with Gasteiger partial charge in [0.05, 0.1) is 29.2 Å². The molecule has 0 aliphatic heterocycles. The minimum atomic E-state index is -0.116. The molecular formula is C16H17N3O2. The van der Waals surface area contributed by atoms with Crippen LogP contribution in [0.25, 0.3) is 10.9 Å². The molecule has 0 amide bonds. The predicted molar refractivity (Wildman–Crippen MR) is 81.0 cm³/mol. The number of H-pyrrole nitrogens is 1. The minimum absolute atomic E-state index is 0.0340. The number of furan rings is 1. The average Bonchev–Trinajstić information content (AvgIpc) is 3.01. The highest BCUT2D eigenvalue weighted by Crippen LogP contribution is 2.18. The summed E-state index contributed by atoms with van der Waals surface area (Å²) in [6.45, 7) is 3.97. The van der Waals surface area contributed by atoms with Crippen LogP contribution in [-0.4, -0.2) is 9.97 Å². The lowest BCUT2D eigenvalue weighted by molar-refractivity contribution is 0.396. The Balaban J connectivity index is 1.88. The van der Waals surface area contributed by atoms with Crippen LogP contribution in [0.4, 0.5) is 0 Å². The fourth-order valence-electron chi connectivity index (χ4n) is 2.38. The van der Waals surface area contributed by atoms with Gasteiger partial charge in [0.1, 0.15) is 11.6 Å². The van der Waals surface area contributed by atoms with Crippen molar-refractivity contribution in [1.29, 1.82) is 0 Å². The molecule has 2 heterocycles. The molecule has 5 nitrogen and oxygen atoms in total. The summed E-state index contributed by atoms with van der Waals surface area (Å²) in [6.07, 6.45) is 1.65. The standard InChI is InChI=1S/C16H17N3O2/c1-10(14-8-5-9-21-14)17-11(2)15-18-13-7-4-3-6-12(13)16(20)19-15/h3-11,17H,1-2H3,(H,18,19,20)/t10-,11-/m1/s1. The maximum Gasteiger partial charge on any atom is 0.258 e. The SMILES string of the molecule is C[C@@H](N[C@H](C)c1ccco1)c1nc2ccccc2c(=O)[nH]1. The molecule has 0 radical (unpaired) electrons. The van der Waals surface area contributed by atoms with Crippen LogP contribution >= 0.6 is 0 Å². The maximum atomic E-state index is 12.1. The summed E-state index contributed by atoms with van der Waals surface area (Å²) < 4.78 is 5.37. The fourth-order valence-corrected chi connectivity index (χ4v) is 2.38. The van der Waals surface area contributed by atoms with Crippen LogP contribution in [0, 0.1) is 0 Å². The quantitative estimate of drug-likeness (QED) is 0.772. The van der Waals surface area contributed by atoms with Gasteiger partial charge >= 0.3 is 0 Å². The number of hydrogen-bond donors (Lipinski definition) is 2. The molecule has 0 aliphatic carbocycles. The normalized spacial score (nSPS) is 14.2. The number of nitrogens with zero attached hydrogens (tertiary/aromatic N) is 1. The van der Waals surface area contributed by atoms with Crippen LogP contribution < -0.4 is 10.9 Å². The minimum Gasteiger partial charge on any atom is -0.468 e. The van der Waals surface area contributed by atoms with E-state index in [1.54, 1.807) is 12.3 Å². The van der Waals surface area contributed by atoms with Gasteiger partial charge in [0.15, 0.2) is 0 Å². The molecule has 0 saturated heterocycles. The van der Waals surface area contributed by atoms with Crippen molar-refractivity contribution in [2.45, 2.75) is 25.9 Å². The Morgan fingerprint density at radius 2 is 1.95 bits per heavy atom. The van der Waals surface area contributed by atoms with E-state index in [1.807, 2.05) is 44.2 Å². The molecule has 3 rings (SSSR count). The summed E-state index contributed by atoms with van der Waals surface area (Å²) >= 11 is 0. The van der Waals surface area contributed by atoms with Gasteiger partial charge in [-0.15, -0.1) is 0 Å². The molecule has 2 N–H and O–H groups in total. The Morgan fingerprint density at radius 1 is 1.14 bits per heavy atom. The average molecular weight is 283 g/mol. The van der Waals surface area contributed by atoms with E-state index in [0.717, 1.165) is 5.76 Å². The lowest BCUT2D eigenvalue weighted by Crippen LogP contribution is -2.26. The summed E-state index contributed by atoms with van der Waals surface area (Å²) in [5.74, 6) is 1.47. The Kier molecular flexibility index (Phi) is 3.58. The van der Waals surface area contributed by atoms with E-state index in [0.29, 0.717) is 16.7 Å². The highest BCUT2D eigenvalue weighted by molar-refractivity contribution is 5.77. The first kappa shape index (κ1) is 13.6. The molecule has 108 valence electrons. The molecule has 2 atom stereocenters. The zero-order valence-electron chi connectivity index (χ0n) is 12.0. The molecule has 0 aliphatic rings. The van der Waals surface area contributed by atoms with Crippen LogP contribution in [0.3, 0.4) is 0 Å². The summed E-state index contributed by atoms with van der Waals surface area (Å²) in [4.78, 5) is 19.4. The summed E-state index contributed by atoms with van der Waals surface area (Å²) in [7, 11) is 0. The van der Waals surface area contributed by atoms with Gasteiger partial charge < -0.3 is 9.40 Å². The molecule has 0 bridgehead atoms. The van der Waals surface area contributed by atoms with Crippen molar-refractivity contribution >= 4 is 10.9 Å². The number of aromatic amines is 1. The number of fused-ring (bicyclic) bond motifs is 1. The first-order valence-electron chi connectivity index (χ1n) is 6.93. The van der Waals surface area contributed by atoms with Crippen molar-refractivity contribution in [1.82, 2.24) is 15.3 Å². The second-order valence-electron chi connectivity index (χ2n) is 5.09. The second-order valence-corrected chi connectivity index (χ2v) is 5.09. The van der Waals surface area contributed by atoms with Crippen LogP contribution in [0.2, 0.25) is 0 Å². The third-order valence-corrected chi connectivity index (χ3v) is 3.51. The Bertz CT molecular complexity index is 793. The molecule has 0 fully saturated rings. The Labute approximate surface area is 122 Å². The van der Waals surface area contributed by atoms with Gasteiger partial charge in [0, 0.05) is 0 Å². The van der Waals surface area contributed by atoms with Gasteiger partial charge in [-0.25, -0.2) is 4.98 Å². The van der Waals surface area contributed by atoms with Crippen molar-refractivity contribution in [2.24, 2.45) is 0 Å². The third-order valence-electron chi connectivity index (χ3n) is 3.51. The lowest BCUT2D eigenvalue weighted by atomic mass is 10.2. The van der Waals surface area contributed by atoms with E-state index in [1.165, 1.54) is 0 Å². The number of rotatable bonds is 4. The zero-order valence-corrected chi connectivity index (χ0v) is 12.0. The van der Waals surface area contributed by atoms with Gasteiger partial charge in [-0.3, -0.25) is 10.1 Å². The Hall–Kier alpha value is -2.40. The monoisotopic (exact) mass is 283 g/mol. The van der Waals surface area contributed by atoms with Gasteiger partial charge in [-0.05, 0) is 38.1 Å². The molecule has 0 saturated carbocycles. The largest absolute Gasteiger partial charge is 0.468 e. The van der Waals surface area contributed by atoms with Gasteiger partial charge in [0.2, 0.25) is 0 Å². The number of nitrogens with one attached hydrogen (secondary N) is 2. The number of benzene rings is 1. The molecule has 2 aromatic heterocycles. The number of para-hydroxylation sites is 1. The van der Waals surface area contributed by atoms with Crippen molar-refractivity contribution in [3.63, 3.8) is 0 Å². The zero-order chi connectivity index (χ0) is 14.8.